The Morgan fingerprint density at radius 1 is 1.16 bits per heavy atom. The van der Waals surface area contributed by atoms with E-state index in [0.717, 1.165) is 19.0 Å². The quantitative estimate of drug-likeness (QED) is 0.845. The highest BCUT2D eigenvalue weighted by Gasteiger charge is 2.26. The van der Waals surface area contributed by atoms with E-state index in [1.165, 1.54) is 32.1 Å². The molecule has 4 heteroatoms. The number of carbonyl (C=O) groups is 1. The molecule has 2 unspecified atom stereocenters. The zero-order chi connectivity index (χ0) is 13.7. The summed E-state index contributed by atoms with van der Waals surface area (Å²) < 4.78 is 5.29. The summed E-state index contributed by atoms with van der Waals surface area (Å²) in [5.41, 5.74) is 0. The van der Waals surface area contributed by atoms with E-state index in [9.17, 15) is 4.79 Å². The lowest BCUT2D eigenvalue weighted by Gasteiger charge is -2.33. The summed E-state index contributed by atoms with van der Waals surface area (Å²) in [6.07, 6.45) is 6.70. The van der Waals surface area contributed by atoms with Crippen LogP contribution in [0.1, 0.15) is 46.0 Å². The minimum atomic E-state index is -0.0740. The summed E-state index contributed by atoms with van der Waals surface area (Å²) >= 11 is 0. The van der Waals surface area contributed by atoms with E-state index >= 15 is 0 Å². The van der Waals surface area contributed by atoms with E-state index in [1.54, 1.807) is 0 Å². The van der Waals surface area contributed by atoms with Crippen LogP contribution in [0.5, 0.6) is 0 Å². The number of hydrogen-bond donors (Lipinski definition) is 1. The van der Waals surface area contributed by atoms with Crippen LogP contribution < -0.4 is 5.32 Å². The molecule has 0 spiro atoms. The van der Waals surface area contributed by atoms with Crippen molar-refractivity contribution in [3.8, 4) is 0 Å². The van der Waals surface area contributed by atoms with Crippen LogP contribution in [0.4, 0.5) is 0 Å². The third-order valence-corrected chi connectivity index (χ3v) is 4.56. The third kappa shape index (κ3) is 4.18. The summed E-state index contributed by atoms with van der Waals surface area (Å²) in [4.78, 5) is 14.2. The Labute approximate surface area is 116 Å². The van der Waals surface area contributed by atoms with Gasteiger partial charge in [-0.3, -0.25) is 4.79 Å². The monoisotopic (exact) mass is 268 g/mol. The third-order valence-electron chi connectivity index (χ3n) is 4.56. The van der Waals surface area contributed by atoms with Gasteiger partial charge in [0.1, 0.15) is 0 Å². The van der Waals surface area contributed by atoms with Crippen molar-refractivity contribution in [3.05, 3.63) is 0 Å². The smallest absolute Gasteiger partial charge is 0.239 e. The van der Waals surface area contributed by atoms with Crippen molar-refractivity contribution in [2.24, 2.45) is 5.92 Å². The highest BCUT2D eigenvalue weighted by atomic mass is 16.5. The van der Waals surface area contributed by atoms with Crippen molar-refractivity contribution < 1.29 is 9.53 Å². The van der Waals surface area contributed by atoms with E-state index in [-0.39, 0.29) is 11.9 Å². The number of morpholine rings is 1. The minimum Gasteiger partial charge on any atom is -0.378 e. The van der Waals surface area contributed by atoms with Crippen molar-refractivity contribution in [1.82, 2.24) is 10.2 Å². The molecule has 0 aromatic rings. The summed E-state index contributed by atoms with van der Waals surface area (Å²) in [6.45, 7) is 7.06. The van der Waals surface area contributed by atoms with Gasteiger partial charge in [0.2, 0.25) is 5.91 Å². The Hall–Kier alpha value is -0.610. The Bertz CT molecular complexity index is 284. The Morgan fingerprint density at radius 3 is 2.42 bits per heavy atom. The first-order valence-electron chi connectivity index (χ1n) is 7.81. The summed E-state index contributed by atoms with van der Waals surface area (Å²) in [5, 5.41) is 3.51. The molecule has 1 aliphatic carbocycles. The standard InChI is InChI=1S/C15H28N2O2/c1-12(14-6-4-3-5-7-14)16-13(2)15(18)17-8-10-19-11-9-17/h12-14,16H,3-11H2,1-2H3. The molecule has 0 radical (unpaired) electrons. The molecule has 1 amide bonds. The van der Waals surface area contributed by atoms with Gasteiger partial charge in [0.15, 0.2) is 0 Å². The van der Waals surface area contributed by atoms with Gasteiger partial charge < -0.3 is 15.0 Å². The molecule has 1 heterocycles. The number of nitrogens with one attached hydrogen (secondary N) is 1. The first kappa shape index (κ1) is 14.8. The molecule has 2 atom stereocenters. The molecular formula is C15H28N2O2. The van der Waals surface area contributed by atoms with Gasteiger partial charge >= 0.3 is 0 Å². The van der Waals surface area contributed by atoms with Crippen LogP contribution in [0.15, 0.2) is 0 Å². The van der Waals surface area contributed by atoms with E-state index in [4.69, 9.17) is 4.74 Å². The molecule has 2 rings (SSSR count). The molecule has 0 aromatic carbocycles. The molecule has 4 nitrogen and oxygen atoms in total. The van der Waals surface area contributed by atoms with E-state index in [2.05, 4.69) is 12.2 Å². The van der Waals surface area contributed by atoms with Crippen LogP contribution in [0.3, 0.4) is 0 Å². The average molecular weight is 268 g/mol. The average Bonchev–Trinajstić information content (AvgIpc) is 2.48. The molecule has 1 saturated heterocycles. The molecule has 19 heavy (non-hydrogen) atoms. The number of amides is 1. The second-order valence-corrected chi connectivity index (χ2v) is 6.01. The number of hydrogen-bond acceptors (Lipinski definition) is 3. The summed E-state index contributed by atoms with van der Waals surface area (Å²) in [7, 11) is 0. The molecule has 2 fully saturated rings. The molecule has 1 aliphatic heterocycles. The zero-order valence-electron chi connectivity index (χ0n) is 12.4. The lowest BCUT2D eigenvalue weighted by Crippen LogP contribution is -2.52. The summed E-state index contributed by atoms with van der Waals surface area (Å²) in [6, 6.07) is 0.371. The van der Waals surface area contributed by atoms with Gasteiger partial charge in [0.05, 0.1) is 19.3 Å². The highest BCUT2D eigenvalue weighted by molar-refractivity contribution is 5.81. The van der Waals surface area contributed by atoms with Gasteiger partial charge in [0.25, 0.3) is 0 Å². The molecule has 0 aromatic heterocycles. The van der Waals surface area contributed by atoms with Crippen molar-refractivity contribution in [1.29, 1.82) is 0 Å². The van der Waals surface area contributed by atoms with Crippen LogP contribution in [0.25, 0.3) is 0 Å². The van der Waals surface area contributed by atoms with E-state index < -0.39 is 0 Å². The van der Waals surface area contributed by atoms with Crippen molar-refractivity contribution >= 4 is 5.91 Å². The van der Waals surface area contributed by atoms with E-state index in [1.807, 2.05) is 11.8 Å². The first-order chi connectivity index (χ1) is 9.18. The van der Waals surface area contributed by atoms with Crippen LogP contribution in [0.2, 0.25) is 0 Å². The van der Waals surface area contributed by atoms with E-state index in [0.29, 0.717) is 19.3 Å². The zero-order valence-corrected chi connectivity index (χ0v) is 12.4. The molecule has 1 saturated carbocycles. The largest absolute Gasteiger partial charge is 0.378 e. The minimum absolute atomic E-state index is 0.0740. The fraction of sp³-hybridized carbons (Fsp3) is 0.933. The van der Waals surface area contributed by atoms with Gasteiger partial charge in [-0.15, -0.1) is 0 Å². The van der Waals surface area contributed by atoms with Gasteiger partial charge in [-0.1, -0.05) is 19.3 Å². The molecule has 0 bridgehead atoms. The normalized spacial score (nSPS) is 25.1. The second-order valence-electron chi connectivity index (χ2n) is 6.01. The first-order valence-corrected chi connectivity index (χ1v) is 7.81. The van der Waals surface area contributed by atoms with Crippen LogP contribution in [-0.2, 0) is 9.53 Å². The molecule has 1 N–H and O–H groups in total. The fourth-order valence-corrected chi connectivity index (χ4v) is 3.29. The topological polar surface area (TPSA) is 41.6 Å². The van der Waals surface area contributed by atoms with Crippen LogP contribution in [0, 0.1) is 5.92 Å². The lowest BCUT2D eigenvalue weighted by molar-refractivity contribution is -0.137. The number of rotatable bonds is 4. The second kappa shape index (κ2) is 7.25. The maximum absolute atomic E-state index is 12.3. The maximum Gasteiger partial charge on any atom is 0.239 e. The molecular weight excluding hydrogens is 240 g/mol. The predicted molar refractivity (Wildman–Crippen MR) is 76.0 cm³/mol. The van der Waals surface area contributed by atoms with Crippen molar-refractivity contribution in [3.63, 3.8) is 0 Å². The molecule has 110 valence electrons. The Kier molecular flexibility index (Phi) is 5.64. The number of nitrogens with zero attached hydrogens (tertiary/aromatic N) is 1. The van der Waals surface area contributed by atoms with Crippen LogP contribution in [-0.4, -0.2) is 49.2 Å². The number of ether oxygens (including phenoxy) is 1. The van der Waals surface area contributed by atoms with Crippen molar-refractivity contribution in [2.45, 2.75) is 58.0 Å². The fourth-order valence-electron chi connectivity index (χ4n) is 3.29. The molecule has 2 aliphatic rings. The van der Waals surface area contributed by atoms with Crippen LogP contribution >= 0.6 is 0 Å². The SMILES string of the molecule is CC(NC(C)C1CCCCC1)C(=O)N1CCOCC1. The summed E-state index contributed by atoms with van der Waals surface area (Å²) in [5.74, 6) is 0.972. The van der Waals surface area contributed by atoms with Gasteiger partial charge in [-0.05, 0) is 32.6 Å². The van der Waals surface area contributed by atoms with Crippen molar-refractivity contribution in [2.75, 3.05) is 26.3 Å². The van der Waals surface area contributed by atoms with Gasteiger partial charge in [0, 0.05) is 19.1 Å². The van der Waals surface area contributed by atoms with Gasteiger partial charge in [-0.2, -0.15) is 0 Å². The van der Waals surface area contributed by atoms with Gasteiger partial charge in [-0.25, -0.2) is 0 Å². The highest BCUT2D eigenvalue weighted by Crippen LogP contribution is 2.26. The maximum atomic E-state index is 12.3. The number of carbonyl (C=O) groups excluding carboxylic acids is 1. The Morgan fingerprint density at radius 2 is 1.79 bits per heavy atom. The Balaban J connectivity index is 1.78. The lowest BCUT2D eigenvalue weighted by atomic mass is 9.84. The predicted octanol–water partition coefficient (Wildman–Crippen LogP) is 1.79.